The summed E-state index contributed by atoms with van der Waals surface area (Å²) in [5, 5.41) is 12.3. The molecule has 0 saturated heterocycles. The van der Waals surface area contributed by atoms with Crippen molar-refractivity contribution in [3.63, 3.8) is 0 Å². The third kappa shape index (κ3) is 2.78. The van der Waals surface area contributed by atoms with E-state index >= 15 is 0 Å². The first-order valence-corrected chi connectivity index (χ1v) is 6.11. The van der Waals surface area contributed by atoms with Gasteiger partial charge in [0.1, 0.15) is 17.1 Å². The fourth-order valence-corrected chi connectivity index (χ4v) is 2.11. The van der Waals surface area contributed by atoms with Crippen molar-refractivity contribution in [2.45, 2.75) is 27.3 Å². The Kier molecular flexibility index (Phi) is 3.60. The lowest BCUT2D eigenvalue weighted by atomic mass is 10.1. The zero-order valence-corrected chi connectivity index (χ0v) is 11.3. The summed E-state index contributed by atoms with van der Waals surface area (Å²) in [5.41, 5.74) is 3.59. The molecule has 0 spiro atoms. The predicted molar refractivity (Wildman–Crippen MR) is 73.6 cm³/mol. The van der Waals surface area contributed by atoms with Crippen LogP contribution in [0, 0.1) is 20.8 Å². The normalized spacial score (nSPS) is 10.5. The molecule has 1 aromatic carbocycles. The summed E-state index contributed by atoms with van der Waals surface area (Å²) in [5.74, 6) is 0.0999. The van der Waals surface area contributed by atoms with Crippen LogP contribution in [-0.4, -0.2) is 11.1 Å². The molecular formula is C15H17NO3. The van der Waals surface area contributed by atoms with Gasteiger partial charge >= 0.3 is 5.97 Å². The summed E-state index contributed by atoms with van der Waals surface area (Å²) in [4.78, 5) is 10.9. The van der Waals surface area contributed by atoms with E-state index in [0.717, 1.165) is 16.8 Å². The highest BCUT2D eigenvalue weighted by Crippen LogP contribution is 2.21. The van der Waals surface area contributed by atoms with Gasteiger partial charge in [-0.1, -0.05) is 18.2 Å². The highest BCUT2D eigenvalue weighted by molar-refractivity contribution is 5.88. The number of carboxylic acids is 1. The fourth-order valence-electron chi connectivity index (χ4n) is 2.11. The summed E-state index contributed by atoms with van der Waals surface area (Å²) in [6.07, 6.45) is 0. The maximum absolute atomic E-state index is 10.9. The lowest BCUT2D eigenvalue weighted by molar-refractivity contribution is 0.0695. The Bertz CT molecular complexity index is 594. The SMILES string of the molecule is Cc1cccc(C)c1NCc1cc(C(=O)O)c(C)o1. The number of nitrogens with one attached hydrogen (secondary N) is 1. The Morgan fingerprint density at radius 2 is 1.89 bits per heavy atom. The van der Waals surface area contributed by atoms with Crippen LogP contribution in [0.1, 0.15) is 33.0 Å². The summed E-state index contributed by atoms with van der Waals surface area (Å²) in [7, 11) is 0. The van der Waals surface area contributed by atoms with Crippen LogP contribution in [0.3, 0.4) is 0 Å². The van der Waals surface area contributed by atoms with E-state index in [1.165, 1.54) is 0 Å². The number of benzene rings is 1. The van der Waals surface area contributed by atoms with Crippen LogP contribution in [0.5, 0.6) is 0 Å². The number of hydrogen-bond donors (Lipinski definition) is 2. The molecule has 2 aromatic rings. The summed E-state index contributed by atoms with van der Waals surface area (Å²) >= 11 is 0. The maximum Gasteiger partial charge on any atom is 0.339 e. The monoisotopic (exact) mass is 259 g/mol. The van der Waals surface area contributed by atoms with Gasteiger partial charge in [0.15, 0.2) is 0 Å². The number of rotatable bonds is 4. The number of anilines is 1. The third-order valence-electron chi connectivity index (χ3n) is 3.12. The number of furan rings is 1. The lowest BCUT2D eigenvalue weighted by Gasteiger charge is -2.11. The van der Waals surface area contributed by atoms with Gasteiger partial charge in [0.25, 0.3) is 0 Å². The molecule has 0 fully saturated rings. The second kappa shape index (κ2) is 5.18. The van der Waals surface area contributed by atoms with Crippen LogP contribution in [0.2, 0.25) is 0 Å². The molecule has 19 heavy (non-hydrogen) atoms. The number of aromatic carboxylic acids is 1. The largest absolute Gasteiger partial charge is 0.478 e. The predicted octanol–water partition coefficient (Wildman–Crippen LogP) is 3.52. The Morgan fingerprint density at radius 1 is 1.26 bits per heavy atom. The molecule has 0 unspecified atom stereocenters. The van der Waals surface area contributed by atoms with E-state index in [4.69, 9.17) is 9.52 Å². The van der Waals surface area contributed by atoms with Crippen molar-refractivity contribution in [2.24, 2.45) is 0 Å². The van der Waals surface area contributed by atoms with Gasteiger partial charge < -0.3 is 14.8 Å². The summed E-state index contributed by atoms with van der Waals surface area (Å²) in [6.45, 7) is 6.20. The zero-order chi connectivity index (χ0) is 14.0. The van der Waals surface area contributed by atoms with Gasteiger partial charge in [-0.15, -0.1) is 0 Å². The Hall–Kier alpha value is -2.23. The summed E-state index contributed by atoms with van der Waals surface area (Å²) < 4.78 is 5.43. The summed E-state index contributed by atoms with van der Waals surface area (Å²) in [6, 6.07) is 7.64. The number of para-hydroxylation sites is 1. The highest BCUT2D eigenvalue weighted by atomic mass is 16.4. The Balaban J connectivity index is 2.15. The molecule has 0 radical (unpaired) electrons. The van der Waals surface area contributed by atoms with Crippen LogP contribution in [0.15, 0.2) is 28.7 Å². The molecule has 0 aliphatic carbocycles. The van der Waals surface area contributed by atoms with Gasteiger partial charge in [0, 0.05) is 5.69 Å². The van der Waals surface area contributed by atoms with Gasteiger partial charge in [-0.25, -0.2) is 4.79 Å². The standard InChI is InChI=1S/C15H17NO3/c1-9-5-4-6-10(2)14(9)16-8-12-7-13(15(17)18)11(3)19-12/h4-7,16H,8H2,1-3H3,(H,17,18). The molecule has 0 bridgehead atoms. The molecule has 0 amide bonds. The van der Waals surface area contributed by atoms with Crippen molar-refractivity contribution in [2.75, 3.05) is 5.32 Å². The maximum atomic E-state index is 10.9. The molecule has 100 valence electrons. The molecule has 0 aliphatic heterocycles. The second-order valence-electron chi connectivity index (χ2n) is 4.61. The van der Waals surface area contributed by atoms with E-state index in [1.54, 1.807) is 13.0 Å². The Morgan fingerprint density at radius 3 is 2.42 bits per heavy atom. The topological polar surface area (TPSA) is 62.5 Å². The highest BCUT2D eigenvalue weighted by Gasteiger charge is 2.13. The van der Waals surface area contributed by atoms with Crippen LogP contribution in [0.25, 0.3) is 0 Å². The van der Waals surface area contributed by atoms with Crippen molar-refractivity contribution in [3.8, 4) is 0 Å². The molecule has 1 aromatic heterocycles. The first-order chi connectivity index (χ1) is 8.99. The van der Waals surface area contributed by atoms with Crippen molar-refractivity contribution in [3.05, 3.63) is 52.5 Å². The number of aryl methyl sites for hydroxylation is 3. The fraction of sp³-hybridized carbons (Fsp3) is 0.267. The van der Waals surface area contributed by atoms with Crippen molar-refractivity contribution in [1.82, 2.24) is 0 Å². The minimum absolute atomic E-state index is 0.221. The first kappa shape index (κ1) is 13.2. The van der Waals surface area contributed by atoms with Crippen LogP contribution in [-0.2, 0) is 6.54 Å². The average Bonchev–Trinajstić information content (AvgIpc) is 2.70. The van der Waals surface area contributed by atoms with E-state index in [1.807, 2.05) is 32.0 Å². The molecule has 0 aliphatic rings. The molecule has 0 saturated carbocycles. The third-order valence-corrected chi connectivity index (χ3v) is 3.12. The zero-order valence-electron chi connectivity index (χ0n) is 11.3. The number of hydrogen-bond acceptors (Lipinski definition) is 3. The van der Waals surface area contributed by atoms with Gasteiger partial charge in [-0.2, -0.15) is 0 Å². The van der Waals surface area contributed by atoms with Crippen molar-refractivity contribution in [1.29, 1.82) is 0 Å². The van der Waals surface area contributed by atoms with Gasteiger partial charge in [0.2, 0.25) is 0 Å². The number of carbonyl (C=O) groups is 1. The van der Waals surface area contributed by atoms with Crippen LogP contribution >= 0.6 is 0 Å². The van der Waals surface area contributed by atoms with E-state index in [9.17, 15) is 4.79 Å². The second-order valence-corrected chi connectivity index (χ2v) is 4.61. The van der Waals surface area contributed by atoms with Gasteiger partial charge in [0.05, 0.1) is 6.54 Å². The van der Waals surface area contributed by atoms with Crippen molar-refractivity contribution < 1.29 is 14.3 Å². The number of carboxylic acid groups (broad SMARTS) is 1. The van der Waals surface area contributed by atoms with E-state index in [-0.39, 0.29) is 5.56 Å². The molecule has 2 N–H and O–H groups in total. The van der Waals surface area contributed by atoms with E-state index in [0.29, 0.717) is 18.1 Å². The minimum Gasteiger partial charge on any atom is -0.478 e. The van der Waals surface area contributed by atoms with E-state index in [2.05, 4.69) is 5.32 Å². The van der Waals surface area contributed by atoms with Crippen LogP contribution < -0.4 is 5.32 Å². The molecule has 0 atom stereocenters. The first-order valence-electron chi connectivity index (χ1n) is 6.11. The Labute approximate surface area is 112 Å². The van der Waals surface area contributed by atoms with Crippen LogP contribution in [0.4, 0.5) is 5.69 Å². The minimum atomic E-state index is -0.959. The van der Waals surface area contributed by atoms with Gasteiger partial charge in [-0.05, 0) is 38.0 Å². The smallest absolute Gasteiger partial charge is 0.339 e. The molecule has 4 heteroatoms. The van der Waals surface area contributed by atoms with Gasteiger partial charge in [-0.3, -0.25) is 0 Å². The average molecular weight is 259 g/mol. The molecule has 2 rings (SSSR count). The molecule has 4 nitrogen and oxygen atoms in total. The van der Waals surface area contributed by atoms with E-state index < -0.39 is 5.97 Å². The quantitative estimate of drug-likeness (QED) is 0.881. The van der Waals surface area contributed by atoms with Crippen molar-refractivity contribution >= 4 is 11.7 Å². The molecule has 1 heterocycles. The molecular weight excluding hydrogens is 242 g/mol. The lowest BCUT2D eigenvalue weighted by Crippen LogP contribution is -2.02.